The van der Waals surface area contributed by atoms with Gasteiger partial charge in [-0.3, -0.25) is 0 Å². The first-order chi connectivity index (χ1) is 5.61. The van der Waals surface area contributed by atoms with Gasteiger partial charge in [0.15, 0.2) is 0 Å². The van der Waals surface area contributed by atoms with Crippen LogP contribution in [0.4, 0.5) is 0 Å². The number of benzene rings is 1. The second kappa shape index (κ2) is 5.12. The number of allylic oxidation sites excluding steroid dienone is 2. The molecule has 0 amide bonds. The zero-order valence-electron chi connectivity index (χ0n) is 7.72. The molecule has 0 saturated carbocycles. The molecule has 0 heterocycles. The molecule has 1 rings (SSSR count). The van der Waals surface area contributed by atoms with E-state index < -0.39 is 0 Å². The van der Waals surface area contributed by atoms with Gasteiger partial charge in [0.1, 0.15) is 0 Å². The molecular formula is C12H15Li. The summed E-state index contributed by atoms with van der Waals surface area (Å²) in [4.78, 5) is 0. The van der Waals surface area contributed by atoms with Gasteiger partial charge in [-0.2, -0.15) is 0 Å². The van der Waals surface area contributed by atoms with Crippen molar-refractivity contribution in [3.05, 3.63) is 48.6 Å². The van der Waals surface area contributed by atoms with Gasteiger partial charge in [0.2, 0.25) is 0 Å². The molecule has 0 radical (unpaired) electrons. The Balaban J connectivity index is 0.00000144. The van der Waals surface area contributed by atoms with Crippen molar-refractivity contribution in [3.8, 4) is 0 Å². The van der Waals surface area contributed by atoms with Crippen LogP contribution in [0.15, 0.2) is 37.4 Å². The maximum atomic E-state index is 3.88. The molecule has 0 aromatic heterocycles. The maximum absolute atomic E-state index is 3.88. The molecule has 1 aromatic rings. The Morgan fingerprint density at radius 2 is 1.08 bits per heavy atom. The molecule has 0 saturated heterocycles. The van der Waals surface area contributed by atoms with E-state index in [0.717, 1.165) is 11.1 Å². The third kappa shape index (κ3) is 3.26. The minimum absolute atomic E-state index is 0. The van der Waals surface area contributed by atoms with Crippen LogP contribution in [0, 0.1) is 0 Å². The summed E-state index contributed by atoms with van der Waals surface area (Å²) in [6, 6.07) is 8.30. The van der Waals surface area contributed by atoms with Crippen molar-refractivity contribution < 1.29 is 0 Å². The van der Waals surface area contributed by atoms with Gasteiger partial charge in [-0.15, -0.1) is 0 Å². The van der Waals surface area contributed by atoms with Crippen LogP contribution in [-0.4, -0.2) is 18.9 Å². The molecule has 13 heavy (non-hydrogen) atoms. The Kier molecular flexibility index (Phi) is 4.84. The molecule has 1 aromatic carbocycles. The summed E-state index contributed by atoms with van der Waals surface area (Å²) in [7, 11) is 0. The van der Waals surface area contributed by atoms with E-state index in [1.165, 1.54) is 11.1 Å². The predicted molar refractivity (Wildman–Crippen MR) is 63.0 cm³/mol. The summed E-state index contributed by atoms with van der Waals surface area (Å²) in [6.07, 6.45) is 0. The second-order valence-corrected chi connectivity index (χ2v) is 3.14. The summed E-state index contributed by atoms with van der Waals surface area (Å²) in [5.74, 6) is 0. The average Bonchev–Trinajstić information content (AvgIpc) is 2.04. The summed E-state index contributed by atoms with van der Waals surface area (Å²) in [5, 5.41) is 0. The number of hydrogen-bond acceptors (Lipinski definition) is 0. The standard InChI is InChI=1S/C12H14.Li.H/c1-9(2)11-5-7-12(8-6-11)10(3)4;;/h5-8H,1,3H2,2,4H3;;. The van der Waals surface area contributed by atoms with Crippen LogP contribution in [-0.2, 0) is 0 Å². The normalized spacial score (nSPS) is 8.77. The molecular weight excluding hydrogens is 151 g/mol. The Bertz CT molecular complexity index is 273. The van der Waals surface area contributed by atoms with Gasteiger partial charge < -0.3 is 0 Å². The van der Waals surface area contributed by atoms with Crippen LogP contribution in [0.25, 0.3) is 11.1 Å². The first-order valence-corrected chi connectivity index (χ1v) is 4.03. The van der Waals surface area contributed by atoms with Crippen molar-refractivity contribution in [1.82, 2.24) is 0 Å². The fraction of sp³-hybridized carbons (Fsp3) is 0.167. The third-order valence-corrected chi connectivity index (χ3v) is 1.87. The van der Waals surface area contributed by atoms with Crippen molar-refractivity contribution in [3.63, 3.8) is 0 Å². The summed E-state index contributed by atoms with van der Waals surface area (Å²) in [5.41, 5.74) is 4.59. The van der Waals surface area contributed by atoms with Gasteiger partial charge in [0, 0.05) is 0 Å². The second-order valence-electron chi connectivity index (χ2n) is 3.14. The van der Waals surface area contributed by atoms with E-state index in [1.807, 2.05) is 13.8 Å². The van der Waals surface area contributed by atoms with Gasteiger partial charge in [0.25, 0.3) is 0 Å². The molecule has 1 heteroatoms. The van der Waals surface area contributed by atoms with E-state index in [-0.39, 0.29) is 18.9 Å². The van der Waals surface area contributed by atoms with Crippen LogP contribution < -0.4 is 0 Å². The average molecular weight is 166 g/mol. The van der Waals surface area contributed by atoms with Crippen LogP contribution in [0.3, 0.4) is 0 Å². The minimum atomic E-state index is 0. The molecule has 0 aliphatic rings. The summed E-state index contributed by atoms with van der Waals surface area (Å²) >= 11 is 0. The fourth-order valence-corrected chi connectivity index (χ4v) is 1.04. The Morgan fingerprint density at radius 3 is 1.23 bits per heavy atom. The van der Waals surface area contributed by atoms with Crippen LogP contribution in [0.1, 0.15) is 25.0 Å². The van der Waals surface area contributed by atoms with Gasteiger partial charge in [-0.05, 0) is 25.0 Å². The molecule has 0 unspecified atom stereocenters. The fourth-order valence-electron chi connectivity index (χ4n) is 1.04. The van der Waals surface area contributed by atoms with E-state index in [9.17, 15) is 0 Å². The van der Waals surface area contributed by atoms with Gasteiger partial charge in [0.05, 0.1) is 0 Å². The monoisotopic (exact) mass is 166 g/mol. The van der Waals surface area contributed by atoms with Crippen molar-refractivity contribution in [2.45, 2.75) is 13.8 Å². The van der Waals surface area contributed by atoms with Gasteiger partial charge in [-0.1, -0.05) is 48.6 Å². The first kappa shape index (κ1) is 12.3. The Labute approximate surface area is 92.5 Å². The van der Waals surface area contributed by atoms with Gasteiger partial charge >= 0.3 is 18.9 Å². The number of rotatable bonds is 2. The van der Waals surface area contributed by atoms with E-state index in [4.69, 9.17) is 0 Å². The molecule has 0 spiro atoms. The third-order valence-electron chi connectivity index (χ3n) is 1.87. The molecule has 0 bridgehead atoms. The molecule has 0 aliphatic heterocycles. The Morgan fingerprint density at radius 1 is 0.846 bits per heavy atom. The van der Waals surface area contributed by atoms with Crippen molar-refractivity contribution >= 4 is 30.0 Å². The molecule has 0 N–H and O–H groups in total. The quantitative estimate of drug-likeness (QED) is 0.592. The van der Waals surface area contributed by atoms with Crippen molar-refractivity contribution in [2.24, 2.45) is 0 Å². The SMILES string of the molecule is C=C(C)c1ccc(C(=C)C)cc1.[LiH]. The van der Waals surface area contributed by atoms with Crippen molar-refractivity contribution in [1.29, 1.82) is 0 Å². The molecule has 0 aliphatic carbocycles. The Hall–Kier alpha value is -0.703. The molecule has 0 atom stereocenters. The van der Waals surface area contributed by atoms with Crippen LogP contribution >= 0.6 is 0 Å². The van der Waals surface area contributed by atoms with E-state index in [2.05, 4.69) is 37.4 Å². The van der Waals surface area contributed by atoms with Crippen LogP contribution in [0.2, 0.25) is 0 Å². The summed E-state index contributed by atoms with van der Waals surface area (Å²) in [6.45, 7) is 11.8. The molecule has 0 nitrogen and oxygen atoms in total. The topological polar surface area (TPSA) is 0 Å². The van der Waals surface area contributed by atoms with Crippen LogP contribution in [0.5, 0.6) is 0 Å². The zero-order chi connectivity index (χ0) is 9.14. The van der Waals surface area contributed by atoms with E-state index in [1.54, 1.807) is 0 Å². The van der Waals surface area contributed by atoms with E-state index in [0.29, 0.717) is 0 Å². The molecule has 0 fully saturated rings. The predicted octanol–water partition coefficient (Wildman–Crippen LogP) is 3.10. The summed E-state index contributed by atoms with van der Waals surface area (Å²) < 4.78 is 0. The van der Waals surface area contributed by atoms with E-state index >= 15 is 0 Å². The number of hydrogen-bond donors (Lipinski definition) is 0. The zero-order valence-corrected chi connectivity index (χ0v) is 7.72. The van der Waals surface area contributed by atoms with Crippen molar-refractivity contribution in [2.75, 3.05) is 0 Å². The molecule has 64 valence electrons. The van der Waals surface area contributed by atoms with Gasteiger partial charge in [-0.25, -0.2) is 0 Å². The first-order valence-electron chi connectivity index (χ1n) is 4.03.